The molecule has 0 aromatic heterocycles. The second-order valence-electron chi connectivity index (χ2n) is 3.89. The van der Waals surface area contributed by atoms with Crippen molar-refractivity contribution < 1.29 is 0 Å². The Morgan fingerprint density at radius 2 is 2.38 bits per heavy atom. The molecule has 0 fully saturated rings. The van der Waals surface area contributed by atoms with Crippen molar-refractivity contribution in [3.05, 3.63) is 11.8 Å². The van der Waals surface area contributed by atoms with Crippen LogP contribution in [0, 0.1) is 5.92 Å². The third-order valence-electron chi connectivity index (χ3n) is 2.73. The number of nitrogens with one attached hydrogen (secondary N) is 2. The van der Waals surface area contributed by atoms with Crippen LogP contribution in [0.4, 0.5) is 0 Å². The smallest absolute Gasteiger partial charge is 0.0648 e. The summed E-state index contributed by atoms with van der Waals surface area (Å²) in [7, 11) is 0. The molecular weight excluding hydrogens is 160 g/mol. The van der Waals surface area contributed by atoms with Gasteiger partial charge in [0, 0.05) is 6.54 Å². The van der Waals surface area contributed by atoms with Crippen LogP contribution in [0.5, 0.6) is 0 Å². The van der Waals surface area contributed by atoms with Crippen molar-refractivity contribution in [3.63, 3.8) is 0 Å². The van der Waals surface area contributed by atoms with Gasteiger partial charge >= 0.3 is 0 Å². The Kier molecular flexibility index (Phi) is 4.91. The molecule has 0 aromatic carbocycles. The van der Waals surface area contributed by atoms with Crippen LogP contribution in [-0.2, 0) is 0 Å². The summed E-state index contributed by atoms with van der Waals surface area (Å²) in [5, 5.41) is 6.61. The molecule has 0 spiro atoms. The quantitative estimate of drug-likeness (QED) is 0.696. The molecule has 1 aliphatic heterocycles. The number of unbranched alkanes of at least 4 members (excludes halogenated alkanes) is 1. The standard InChI is InChI=1S/C11H22N2/c1-3-4-5-10(2)11-6-7-12-9-13-8-11/h8,10,12-13H,3-7,9H2,1-2H3. The molecule has 0 radical (unpaired) electrons. The van der Waals surface area contributed by atoms with E-state index in [4.69, 9.17) is 0 Å². The predicted molar refractivity (Wildman–Crippen MR) is 57.4 cm³/mol. The average molecular weight is 182 g/mol. The van der Waals surface area contributed by atoms with E-state index in [1.54, 1.807) is 5.57 Å². The van der Waals surface area contributed by atoms with Crippen LogP contribution in [-0.4, -0.2) is 13.2 Å². The molecule has 1 atom stereocenters. The zero-order chi connectivity index (χ0) is 9.52. The molecule has 1 rings (SSSR count). The highest BCUT2D eigenvalue weighted by Crippen LogP contribution is 2.20. The van der Waals surface area contributed by atoms with Gasteiger partial charge < -0.3 is 5.32 Å². The first-order chi connectivity index (χ1) is 6.34. The first-order valence-electron chi connectivity index (χ1n) is 5.47. The zero-order valence-corrected chi connectivity index (χ0v) is 8.90. The van der Waals surface area contributed by atoms with Crippen molar-refractivity contribution in [2.45, 2.75) is 39.5 Å². The van der Waals surface area contributed by atoms with Gasteiger partial charge in [0.05, 0.1) is 6.67 Å². The third kappa shape index (κ3) is 3.81. The van der Waals surface area contributed by atoms with E-state index >= 15 is 0 Å². The van der Waals surface area contributed by atoms with Gasteiger partial charge in [-0.1, -0.05) is 32.3 Å². The average Bonchev–Trinajstić information content (AvgIpc) is 2.42. The van der Waals surface area contributed by atoms with Gasteiger partial charge in [0.2, 0.25) is 0 Å². The molecule has 0 amide bonds. The van der Waals surface area contributed by atoms with Crippen LogP contribution in [0.3, 0.4) is 0 Å². The van der Waals surface area contributed by atoms with Crippen molar-refractivity contribution in [2.75, 3.05) is 13.2 Å². The maximum Gasteiger partial charge on any atom is 0.0648 e. The monoisotopic (exact) mass is 182 g/mol. The largest absolute Gasteiger partial charge is 0.378 e. The normalized spacial score (nSPS) is 20.0. The van der Waals surface area contributed by atoms with Gasteiger partial charge in [0.15, 0.2) is 0 Å². The maximum atomic E-state index is 3.32. The third-order valence-corrected chi connectivity index (χ3v) is 2.73. The molecule has 1 aliphatic rings. The molecule has 13 heavy (non-hydrogen) atoms. The fraction of sp³-hybridized carbons (Fsp3) is 0.818. The van der Waals surface area contributed by atoms with Crippen LogP contribution < -0.4 is 10.6 Å². The Morgan fingerprint density at radius 1 is 1.54 bits per heavy atom. The molecule has 0 saturated heterocycles. The lowest BCUT2D eigenvalue weighted by Crippen LogP contribution is -2.23. The molecule has 0 bridgehead atoms. The van der Waals surface area contributed by atoms with E-state index in [9.17, 15) is 0 Å². The molecule has 1 heterocycles. The first kappa shape index (κ1) is 10.6. The van der Waals surface area contributed by atoms with E-state index in [1.807, 2.05) is 0 Å². The van der Waals surface area contributed by atoms with Crippen LogP contribution in [0.2, 0.25) is 0 Å². The Balaban J connectivity index is 2.34. The van der Waals surface area contributed by atoms with Gasteiger partial charge in [-0.05, 0) is 25.0 Å². The summed E-state index contributed by atoms with van der Waals surface area (Å²) < 4.78 is 0. The second-order valence-corrected chi connectivity index (χ2v) is 3.89. The van der Waals surface area contributed by atoms with Crippen molar-refractivity contribution in [1.29, 1.82) is 0 Å². The van der Waals surface area contributed by atoms with Crippen molar-refractivity contribution >= 4 is 0 Å². The van der Waals surface area contributed by atoms with E-state index in [-0.39, 0.29) is 0 Å². The summed E-state index contributed by atoms with van der Waals surface area (Å²) in [6, 6.07) is 0. The van der Waals surface area contributed by atoms with E-state index in [0.29, 0.717) is 0 Å². The van der Waals surface area contributed by atoms with Crippen LogP contribution in [0.1, 0.15) is 39.5 Å². The molecule has 2 heteroatoms. The van der Waals surface area contributed by atoms with Gasteiger partial charge in [-0.3, -0.25) is 5.32 Å². The molecular formula is C11H22N2. The number of rotatable bonds is 4. The Bertz CT molecular complexity index is 163. The molecule has 2 N–H and O–H groups in total. The topological polar surface area (TPSA) is 24.1 Å². The lowest BCUT2D eigenvalue weighted by atomic mass is 9.94. The summed E-state index contributed by atoms with van der Waals surface area (Å²) in [6.45, 7) is 6.64. The summed E-state index contributed by atoms with van der Waals surface area (Å²) in [4.78, 5) is 0. The SMILES string of the molecule is CCCCC(C)C1=CNCNCC1. The predicted octanol–water partition coefficient (Wildman–Crippen LogP) is 2.24. The minimum absolute atomic E-state index is 0.757. The Hall–Kier alpha value is -0.500. The Morgan fingerprint density at radius 3 is 3.15 bits per heavy atom. The van der Waals surface area contributed by atoms with Crippen LogP contribution in [0.15, 0.2) is 11.8 Å². The van der Waals surface area contributed by atoms with Crippen LogP contribution in [0.25, 0.3) is 0 Å². The molecule has 76 valence electrons. The van der Waals surface area contributed by atoms with E-state index in [2.05, 4.69) is 30.7 Å². The zero-order valence-electron chi connectivity index (χ0n) is 8.90. The van der Waals surface area contributed by atoms with Gasteiger partial charge in [-0.2, -0.15) is 0 Å². The minimum atomic E-state index is 0.757. The summed E-state index contributed by atoms with van der Waals surface area (Å²) >= 11 is 0. The van der Waals surface area contributed by atoms with Gasteiger partial charge in [-0.25, -0.2) is 0 Å². The number of hydrogen-bond donors (Lipinski definition) is 2. The molecule has 0 saturated carbocycles. The lowest BCUT2D eigenvalue weighted by molar-refractivity contribution is 0.551. The van der Waals surface area contributed by atoms with Gasteiger partial charge in [-0.15, -0.1) is 0 Å². The van der Waals surface area contributed by atoms with Crippen LogP contribution >= 0.6 is 0 Å². The van der Waals surface area contributed by atoms with E-state index < -0.39 is 0 Å². The van der Waals surface area contributed by atoms with Crippen molar-refractivity contribution in [2.24, 2.45) is 5.92 Å². The van der Waals surface area contributed by atoms with E-state index in [0.717, 1.165) is 19.1 Å². The summed E-state index contributed by atoms with van der Waals surface area (Å²) in [5.41, 5.74) is 1.58. The van der Waals surface area contributed by atoms with Gasteiger partial charge in [0.1, 0.15) is 0 Å². The highest BCUT2D eigenvalue weighted by molar-refractivity contribution is 5.06. The minimum Gasteiger partial charge on any atom is -0.378 e. The van der Waals surface area contributed by atoms with Crippen molar-refractivity contribution in [3.8, 4) is 0 Å². The highest BCUT2D eigenvalue weighted by Gasteiger charge is 2.09. The van der Waals surface area contributed by atoms with Gasteiger partial charge in [0.25, 0.3) is 0 Å². The molecule has 0 aliphatic carbocycles. The number of hydrogen-bond acceptors (Lipinski definition) is 2. The summed E-state index contributed by atoms with van der Waals surface area (Å²) in [5.74, 6) is 0.757. The highest BCUT2D eigenvalue weighted by atomic mass is 15.0. The van der Waals surface area contributed by atoms with E-state index in [1.165, 1.54) is 25.7 Å². The van der Waals surface area contributed by atoms with Crippen molar-refractivity contribution in [1.82, 2.24) is 10.6 Å². The summed E-state index contributed by atoms with van der Waals surface area (Å²) in [6.07, 6.45) is 7.41. The lowest BCUT2D eigenvalue weighted by Gasteiger charge is -2.13. The Labute approximate surface area is 81.8 Å². The molecule has 1 unspecified atom stereocenters. The second kappa shape index (κ2) is 6.03. The maximum absolute atomic E-state index is 3.32. The fourth-order valence-electron chi connectivity index (χ4n) is 1.73. The first-order valence-corrected chi connectivity index (χ1v) is 5.47. The molecule has 0 aromatic rings. The molecule has 2 nitrogen and oxygen atoms in total. The fourth-order valence-corrected chi connectivity index (χ4v) is 1.73.